The van der Waals surface area contributed by atoms with Crippen LogP contribution in [0.25, 0.3) is 0 Å². The average molecular weight is 196 g/mol. The fourth-order valence-corrected chi connectivity index (χ4v) is 2.63. The van der Waals surface area contributed by atoms with E-state index in [0.29, 0.717) is 5.41 Å². The van der Waals surface area contributed by atoms with Crippen molar-refractivity contribution in [3.8, 4) is 0 Å². The second kappa shape index (κ2) is 3.44. The smallest absolute Gasteiger partial charge is 0.319 e. The molecule has 1 aliphatic heterocycles. The number of likely N-dealkylation sites (tertiary alicyclic amines) is 1. The Labute approximate surface area is 86.1 Å². The Morgan fingerprint density at radius 1 is 1.14 bits per heavy atom. The minimum atomic E-state index is 0.180. The summed E-state index contributed by atoms with van der Waals surface area (Å²) >= 11 is 0. The lowest BCUT2D eigenvalue weighted by atomic mass is 9.63. The molecule has 0 atom stereocenters. The van der Waals surface area contributed by atoms with Crippen LogP contribution in [-0.2, 0) is 0 Å². The zero-order valence-corrected chi connectivity index (χ0v) is 9.25. The molecule has 0 aromatic carbocycles. The van der Waals surface area contributed by atoms with Crippen LogP contribution in [0.2, 0.25) is 0 Å². The molecule has 80 valence electrons. The normalized spacial score (nSPS) is 24.6. The van der Waals surface area contributed by atoms with Crippen LogP contribution in [0.3, 0.4) is 0 Å². The van der Waals surface area contributed by atoms with Gasteiger partial charge in [0, 0.05) is 27.2 Å². The molecule has 1 aliphatic carbocycles. The average Bonchev–Trinajstić information content (AvgIpc) is 2.14. The van der Waals surface area contributed by atoms with E-state index < -0.39 is 0 Å². The zero-order valence-electron chi connectivity index (χ0n) is 9.25. The predicted octanol–water partition coefficient (Wildman–Crippen LogP) is 1.93. The van der Waals surface area contributed by atoms with Gasteiger partial charge in [-0.2, -0.15) is 0 Å². The van der Waals surface area contributed by atoms with Gasteiger partial charge in [0.05, 0.1) is 0 Å². The summed E-state index contributed by atoms with van der Waals surface area (Å²) in [5, 5.41) is 0. The van der Waals surface area contributed by atoms with Gasteiger partial charge in [-0.3, -0.25) is 0 Å². The van der Waals surface area contributed by atoms with E-state index in [1.165, 1.54) is 32.1 Å². The van der Waals surface area contributed by atoms with Crippen LogP contribution in [0.5, 0.6) is 0 Å². The molecular formula is C11H20N2O. The zero-order chi connectivity index (χ0) is 10.2. The highest BCUT2D eigenvalue weighted by Gasteiger charge is 2.40. The van der Waals surface area contributed by atoms with Crippen LogP contribution in [0, 0.1) is 5.41 Å². The molecular weight excluding hydrogens is 176 g/mol. The van der Waals surface area contributed by atoms with E-state index in [-0.39, 0.29) is 6.03 Å². The first-order valence-electron chi connectivity index (χ1n) is 5.59. The summed E-state index contributed by atoms with van der Waals surface area (Å²) in [6, 6.07) is 0.180. The molecule has 2 rings (SSSR count). The van der Waals surface area contributed by atoms with Crippen molar-refractivity contribution < 1.29 is 4.79 Å². The van der Waals surface area contributed by atoms with E-state index >= 15 is 0 Å². The molecule has 3 nitrogen and oxygen atoms in total. The molecule has 0 bridgehead atoms. The van der Waals surface area contributed by atoms with Gasteiger partial charge in [-0.1, -0.05) is 6.42 Å². The van der Waals surface area contributed by atoms with Crippen molar-refractivity contribution >= 4 is 6.03 Å². The number of carbonyl (C=O) groups excluding carboxylic acids is 1. The minimum absolute atomic E-state index is 0.180. The highest BCUT2D eigenvalue weighted by atomic mass is 16.2. The Balaban J connectivity index is 1.86. The number of hydrogen-bond acceptors (Lipinski definition) is 1. The molecule has 3 heteroatoms. The van der Waals surface area contributed by atoms with Crippen LogP contribution in [0.4, 0.5) is 4.79 Å². The lowest BCUT2D eigenvalue weighted by molar-refractivity contribution is 0.0415. The molecule has 1 heterocycles. The maximum atomic E-state index is 11.7. The second-order valence-electron chi connectivity index (χ2n) is 5.02. The predicted molar refractivity (Wildman–Crippen MR) is 56.2 cm³/mol. The Morgan fingerprint density at radius 3 is 2.07 bits per heavy atom. The van der Waals surface area contributed by atoms with Gasteiger partial charge in [0.15, 0.2) is 0 Å². The van der Waals surface area contributed by atoms with Crippen molar-refractivity contribution in [2.45, 2.75) is 32.1 Å². The van der Waals surface area contributed by atoms with Crippen LogP contribution in [-0.4, -0.2) is 43.0 Å². The molecule has 0 aromatic heterocycles. The number of carbonyl (C=O) groups is 1. The molecule has 2 amide bonds. The molecule has 1 saturated heterocycles. The molecule has 1 saturated carbocycles. The minimum Gasteiger partial charge on any atom is -0.331 e. The van der Waals surface area contributed by atoms with Crippen LogP contribution in [0.1, 0.15) is 32.1 Å². The lowest BCUT2D eigenvalue weighted by Crippen LogP contribution is -2.48. The van der Waals surface area contributed by atoms with Gasteiger partial charge in [-0.25, -0.2) is 4.79 Å². The maximum absolute atomic E-state index is 11.7. The first-order chi connectivity index (χ1) is 6.63. The molecule has 0 N–H and O–H groups in total. The Kier molecular flexibility index (Phi) is 2.41. The number of urea groups is 1. The van der Waals surface area contributed by atoms with E-state index in [2.05, 4.69) is 0 Å². The summed E-state index contributed by atoms with van der Waals surface area (Å²) in [5.74, 6) is 0. The van der Waals surface area contributed by atoms with Crippen molar-refractivity contribution in [1.29, 1.82) is 0 Å². The van der Waals surface area contributed by atoms with E-state index in [0.717, 1.165) is 13.1 Å². The standard InChI is InChI=1S/C11H20N2O/c1-12(2)10(14)13-8-6-11(7-9-13)4-3-5-11/h3-9H2,1-2H3. The van der Waals surface area contributed by atoms with Gasteiger partial charge < -0.3 is 9.80 Å². The van der Waals surface area contributed by atoms with Crippen LogP contribution < -0.4 is 0 Å². The van der Waals surface area contributed by atoms with E-state index in [1.807, 2.05) is 19.0 Å². The van der Waals surface area contributed by atoms with Crippen LogP contribution >= 0.6 is 0 Å². The lowest BCUT2D eigenvalue weighted by Gasteiger charge is -2.48. The number of hydrogen-bond donors (Lipinski definition) is 0. The highest BCUT2D eigenvalue weighted by Crippen LogP contribution is 2.48. The topological polar surface area (TPSA) is 23.6 Å². The monoisotopic (exact) mass is 196 g/mol. The van der Waals surface area contributed by atoms with Gasteiger partial charge in [0.2, 0.25) is 0 Å². The van der Waals surface area contributed by atoms with Crippen LogP contribution in [0.15, 0.2) is 0 Å². The van der Waals surface area contributed by atoms with Crippen molar-refractivity contribution in [2.75, 3.05) is 27.2 Å². The molecule has 0 aromatic rings. The Hall–Kier alpha value is -0.730. The number of nitrogens with zero attached hydrogens (tertiary/aromatic N) is 2. The van der Waals surface area contributed by atoms with E-state index in [4.69, 9.17) is 0 Å². The third-order valence-corrected chi connectivity index (χ3v) is 3.89. The fraction of sp³-hybridized carbons (Fsp3) is 0.909. The van der Waals surface area contributed by atoms with Gasteiger partial charge in [-0.05, 0) is 31.1 Å². The maximum Gasteiger partial charge on any atom is 0.319 e. The number of amides is 2. The molecule has 1 spiro atoms. The highest BCUT2D eigenvalue weighted by molar-refractivity contribution is 5.73. The molecule has 0 radical (unpaired) electrons. The van der Waals surface area contributed by atoms with E-state index in [9.17, 15) is 4.79 Å². The number of rotatable bonds is 0. The quantitative estimate of drug-likeness (QED) is 0.580. The van der Waals surface area contributed by atoms with Gasteiger partial charge >= 0.3 is 6.03 Å². The van der Waals surface area contributed by atoms with Gasteiger partial charge in [-0.15, -0.1) is 0 Å². The van der Waals surface area contributed by atoms with Crippen molar-refractivity contribution in [1.82, 2.24) is 9.80 Å². The molecule has 2 aliphatic rings. The van der Waals surface area contributed by atoms with Crippen molar-refractivity contribution in [2.24, 2.45) is 5.41 Å². The SMILES string of the molecule is CN(C)C(=O)N1CCC2(CCC2)CC1. The third-order valence-electron chi connectivity index (χ3n) is 3.89. The molecule has 0 unspecified atom stereocenters. The molecule has 2 fully saturated rings. The Bertz CT molecular complexity index is 223. The fourth-order valence-electron chi connectivity index (χ4n) is 2.63. The van der Waals surface area contributed by atoms with Gasteiger partial charge in [0.1, 0.15) is 0 Å². The number of piperidine rings is 1. The summed E-state index contributed by atoms with van der Waals surface area (Å²) in [6.45, 7) is 1.94. The first kappa shape index (κ1) is 9.81. The summed E-state index contributed by atoms with van der Waals surface area (Å²) in [5.41, 5.74) is 0.642. The summed E-state index contributed by atoms with van der Waals surface area (Å²) in [6.07, 6.45) is 6.66. The molecule has 14 heavy (non-hydrogen) atoms. The Morgan fingerprint density at radius 2 is 1.71 bits per heavy atom. The van der Waals surface area contributed by atoms with Gasteiger partial charge in [0.25, 0.3) is 0 Å². The van der Waals surface area contributed by atoms with Crippen molar-refractivity contribution in [3.63, 3.8) is 0 Å². The van der Waals surface area contributed by atoms with Crippen molar-refractivity contribution in [3.05, 3.63) is 0 Å². The first-order valence-corrected chi connectivity index (χ1v) is 5.59. The largest absolute Gasteiger partial charge is 0.331 e. The summed E-state index contributed by atoms with van der Waals surface area (Å²) in [7, 11) is 3.66. The summed E-state index contributed by atoms with van der Waals surface area (Å²) in [4.78, 5) is 15.3. The second-order valence-corrected chi connectivity index (χ2v) is 5.02. The summed E-state index contributed by atoms with van der Waals surface area (Å²) < 4.78 is 0. The third kappa shape index (κ3) is 1.60. The van der Waals surface area contributed by atoms with E-state index in [1.54, 1.807) is 4.90 Å².